The highest BCUT2D eigenvalue weighted by Gasteiger charge is 2.41. The van der Waals surface area contributed by atoms with Crippen molar-refractivity contribution in [3.05, 3.63) is 32.5 Å². The quantitative estimate of drug-likeness (QED) is 0.422. The fourth-order valence-electron chi connectivity index (χ4n) is 3.39. The number of nitrogens with two attached hydrogens (primary N) is 2. The van der Waals surface area contributed by atoms with Crippen molar-refractivity contribution in [2.45, 2.75) is 39.0 Å². The van der Waals surface area contributed by atoms with Gasteiger partial charge in [-0.15, -0.1) is 0 Å². The average Bonchev–Trinajstić information content (AvgIpc) is 2.78. The fourth-order valence-corrected chi connectivity index (χ4v) is 3.39. The van der Waals surface area contributed by atoms with Crippen LogP contribution < -0.4 is 32.7 Å². The minimum atomic E-state index is -0.563. The molecule has 24 heavy (non-hydrogen) atoms. The second-order valence-corrected chi connectivity index (χ2v) is 6.69. The lowest BCUT2D eigenvalue weighted by molar-refractivity contribution is 0.146. The van der Waals surface area contributed by atoms with Gasteiger partial charge in [-0.25, -0.2) is 10.6 Å². The molecule has 1 aromatic rings. The number of H-pyrrole nitrogens is 2. The first-order chi connectivity index (χ1) is 11.4. The van der Waals surface area contributed by atoms with Gasteiger partial charge in [-0.2, -0.15) is 0 Å². The van der Waals surface area contributed by atoms with Crippen molar-refractivity contribution in [3.8, 4) is 0 Å². The largest absolute Gasteiger partial charge is 0.327 e. The molecule has 0 aliphatic carbocycles. The van der Waals surface area contributed by atoms with E-state index in [4.69, 9.17) is 11.6 Å². The molecule has 0 bridgehead atoms. The van der Waals surface area contributed by atoms with Crippen LogP contribution in [0.2, 0.25) is 0 Å². The highest BCUT2D eigenvalue weighted by molar-refractivity contribution is 5.72. The first-order valence-electron chi connectivity index (χ1n) is 8.18. The lowest BCUT2D eigenvalue weighted by atomic mass is 10.1. The number of aromatic amines is 2. The maximum atomic E-state index is 12.4. The van der Waals surface area contributed by atoms with Gasteiger partial charge in [0.15, 0.2) is 12.1 Å². The van der Waals surface area contributed by atoms with Crippen molar-refractivity contribution in [2.24, 2.45) is 11.6 Å². The summed E-state index contributed by atoms with van der Waals surface area (Å²) in [5.74, 6) is 6.61. The van der Waals surface area contributed by atoms with E-state index in [9.17, 15) is 9.59 Å². The lowest BCUT2D eigenvalue weighted by Gasteiger charge is -2.41. The third-order valence-electron chi connectivity index (χ3n) is 4.48. The Morgan fingerprint density at radius 2 is 2.08 bits per heavy atom. The molecule has 9 heteroatoms. The molecule has 0 amide bonds. The van der Waals surface area contributed by atoms with Gasteiger partial charge in [0, 0.05) is 25.7 Å². The summed E-state index contributed by atoms with van der Waals surface area (Å²) in [6, 6.07) is 0.0819. The minimum absolute atomic E-state index is 0.0819. The number of allylic oxidation sites excluding steroid dienone is 1. The third-order valence-corrected chi connectivity index (χ3v) is 4.48. The van der Waals surface area contributed by atoms with Crippen LogP contribution >= 0.6 is 0 Å². The zero-order valence-corrected chi connectivity index (χ0v) is 14.1. The van der Waals surface area contributed by atoms with Crippen LogP contribution in [-0.4, -0.2) is 46.8 Å². The summed E-state index contributed by atoms with van der Waals surface area (Å²) in [6.07, 6.45) is 3.64. The Labute approximate surface area is 139 Å². The molecule has 3 heterocycles. The van der Waals surface area contributed by atoms with Gasteiger partial charge in [-0.3, -0.25) is 24.7 Å². The summed E-state index contributed by atoms with van der Waals surface area (Å²) in [6.45, 7) is 6.06. The van der Waals surface area contributed by atoms with Crippen LogP contribution in [0, 0.1) is 0 Å². The number of hydrogen-bond acceptors (Lipinski definition) is 7. The normalized spacial score (nSPS) is 24.2. The van der Waals surface area contributed by atoms with Gasteiger partial charge in [0.2, 0.25) is 0 Å². The Kier molecular flexibility index (Phi) is 4.48. The van der Waals surface area contributed by atoms with E-state index in [1.165, 1.54) is 5.01 Å². The predicted molar refractivity (Wildman–Crippen MR) is 93.7 cm³/mol. The van der Waals surface area contributed by atoms with E-state index in [1.807, 2.05) is 24.8 Å². The Morgan fingerprint density at radius 1 is 1.33 bits per heavy atom. The maximum absolute atomic E-state index is 12.4. The topological polar surface area (TPSA) is 127 Å². The highest BCUT2D eigenvalue weighted by atomic mass is 16.2. The smallest absolute Gasteiger partial charge is 0.327 e. The van der Waals surface area contributed by atoms with Gasteiger partial charge in [-0.1, -0.05) is 11.6 Å². The summed E-state index contributed by atoms with van der Waals surface area (Å²) < 4.78 is 0. The van der Waals surface area contributed by atoms with Gasteiger partial charge in [0.25, 0.3) is 5.56 Å². The number of anilines is 2. The van der Waals surface area contributed by atoms with E-state index in [0.29, 0.717) is 24.6 Å². The number of hydrazine groups is 1. The van der Waals surface area contributed by atoms with Crippen LogP contribution in [0.4, 0.5) is 11.5 Å². The number of nitrogens with one attached hydrogen (secondary N) is 2. The van der Waals surface area contributed by atoms with Crippen molar-refractivity contribution in [3.63, 3.8) is 0 Å². The molecule has 2 aliphatic heterocycles. The Morgan fingerprint density at radius 3 is 2.75 bits per heavy atom. The van der Waals surface area contributed by atoms with Crippen LogP contribution in [0.25, 0.3) is 0 Å². The van der Waals surface area contributed by atoms with Gasteiger partial charge < -0.3 is 10.6 Å². The van der Waals surface area contributed by atoms with E-state index in [-0.39, 0.29) is 12.3 Å². The SMILES string of the molecule is CC(C)=CCN1c2c([nH]c(=O)[nH]c2=O)N(N)C1N1CCCC(N)C1. The first kappa shape index (κ1) is 16.7. The molecule has 2 atom stereocenters. The molecular formula is C15H25N7O2. The van der Waals surface area contributed by atoms with Crippen LogP contribution in [0.3, 0.4) is 0 Å². The molecule has 6 N–H and O–H groups in total. The van der Waals surface area contributed by atoms with E-state index in [1.54, 1.807) is 0 Å². The molecule has 1 aromatic heterocycles. The standard InChI is InChI=1S/C15H25N7O2/c1-9(2)5-7-21-11-12(18-14(24)19-13(11)23)22(17)15(21)20-6-3-4-10(16)8-20/h5,10,15H,3-4,6-8,16-17H2,1-2H3,(H2,18,19,23,24). The Hall–Kier alpha value is -2.10. The Bertz CT molecular complexity index is 749. The number of hydrogen-bond donors (Lipinski definition) is 4. The van der Waals surface area contributed by atoms with E-state index in [2.05, 4.69) is 14.9 Å². The van der Waals surface area contributed by atoms with Crippen LogP contribution in [0.1, 0.15) is 26.7 Å². The monoisotopic (exact) mass is 335 g/mol. The molecular weight excluding hydrogens is 310 g/mol. The molecule has 1 saturated heterocycles. The van der Waals surface area contributed by atoms with E-state index >= 15 is 0 Å². The van der Waals surface area contributed by atoms with Gasteiger partial charge in [-0.05, 0) is 26.7 Å². The molecule has 2 aliphatic rings. The van der Waals surface area contributed by atoms with E-state index < -0.39 is 11.2 Å². The number of nitrogens with zero attached hydrogens (tertiary/aromatic N) is 3. The highest BCUT2D eigenvalue weighted by Crippen LogP contribution is 2.34. The number of likely N-dealkylation sites (tertiary alicyclic amines) is 1. The number of piperidine rings is 1. The molecule has 3 rings (SSSR count). The van der Waals surface area contributed by atoms with Crippen molar-refractivity contribution in [2.75, 3.05) is 29.5 Å². The molecule has 0 aromatic carbocycles. The Balaban J connectivity index is 2.03. The molecule has 0 spiro atoms. The lowest BCUT2D eigenvalue weighted by Crippen LogP contribution is -2.61. The second kappa shape index (κ2) is 6.42. The van der Waals surface area contributed by atoms with Crippen LogP contribution in [0.5, 0.6) is 0 Å². The van der Waals surface area contributed by atoms with Crippen LogP contribution in [0.15, 0.2) is 21.2 Å². The molecule has 2 unspecified atom stereocenters. The molecule has 0 radical (unpaired) electrons. The predicted octanol–water partition coefficient (Wildman–Crippen LogP) is -0.764. The second-order valence-electron chi connectivity index (χ2n) is 6.69. The summed E-state index contributed by atoms with van der Waals surface area (Å²) >= 11 is 0. The molecule has 0 saturated carbocycles. The number of fused-ring (bicyclic) bond motifs is 1. The van der Waals surface area contributed by atoms with Crippen molar-refractivity contribution in [1.29, 1.82) is 0 Å². The van der Waals surface area contributed by atoms with Crippen LogP contribution in [-0.2, 0) is 0 Å². The van der Waals surface area contributed by atoms with Gasteiger partial charge in [0.05, 0.1) is 0 Å². The average molecular weight is 335 g/mol. The van der Waals surface area contributed by atoms with Gasteiger partial charge >= 0.3 is 5.69 Å². The summed E-state index contributed by atoms with van der Waals surface area (Å²) in [5, 5.41) is 1.46. The molecule has 1 fully saturated rings. The zero-order valence-electron chi connectivity index (χ0n) is 14.1. The summed E-state index contributed by atoms with van der Waals surface area (Å²) in [4.78, 5) is 33.0. The first-order valence-corrected chi connectivity index (χ1v) is 8.18. The number of rotatable bonds is 3. The fraction of sp³-hybridized carbons (Fsp3) is 0.600. The summed E-state index contributed by atoms with van der Waals surface area (Å²) in [7, 11) is 0. The van der Waals surface area contributed by atoms with Crippen molar-refractivity contribution < 1.29 is 0 Å². The van der Waals surface area contributed by atoms with Crippen molar-refractivity contribution in [1.82, 2.24) is 14.9 Å². The third kappa shape index (κ3) is 2.97. The minimum Gasteiger partial charge on any atom is -0.327 e. The maximum Gasteiger partial charge on any atom is 0.327 e. The number of aromatic nitrogens is 2. The van der Waals surface area contributed by atoms with E-state index in [0.717, 1.165) is 25.0 Å². The van der Waals surface area contributed by atoms with Gasteiger partial charge in [0.1, 0.15) is 5.69 Å². The summed E-state index contributed by atoms with van der Waals surface area (Å²) in [5.41, 5.74) is 6.64. The molecule has 9 nitrogen and oxygen atoms in total. The zero-order chi connectivity index (χ0) is 17.4. The van der Waals surface area contributed by atoms with Crippen molar-refractivity contribution >= 4 is 11.5 Å². The molecule has 132 valence electrons.